The number of aliphatic imine (C=N–C) groups is 1. The minimum absolute atomic E-state index is 0.0759. The van der Waals surface area contributed by atoms with Crippen LogP contribution in [0.5, 0.6) is 0 Å². The van der Waals surface area contributed by atoms with Gasteiger partial charge in [-0.25, -0.2) is 4.79 Å². The number of amidine groups is 1. The van der Waals surface area contributed by atoms with E-state index < -0.39 is 23.8 Å². The van der Waals surface area contributed by atoms with Crippen molar-refractivity contribution in [2.75, 3.05) is 0 Å². The molecule has 124 valence electrons. The monoisotopic (exact) mass is 333 g/mol. The molecule has 1 atom stereocenters. The Hall–Kier alpha value is -2.83. The van der Waals surface area contributed by atoms with E-state index in [0.717, 1.165) is 11.6 Å². The van der Waals surface area contributed by atoms with Crippen LogP contribution < -0.4 is 5.73 Å². The normalized spacial score (nSPS) is 18.0. The van der Waals surface area contributed by atoms with Crippen LogP contribution in [-0.2, 0) is 12.7 Å². The molecular formula is C17H14F3N3O. The summed E-state index contributed by atoms with van der Waals surface area (Å²) in [4.78, 5) is 17.0. The van der Waals surface area contributed by atoms with Crippen molar-refractivity contribution in [1.29, 1.82) is 0 Å². The summed E-state index contributed by atoms with van der Waals surface area (Å²) in [5, 5.41) is 0. The Morgan fingerprint density at radius 3 is 2.33 bits per heavy atom. The zero-order chi connectivity index (χ0) is 17.3. The maximum atomic E-state index is 13.3. The third-order valence-corrected chi connectivity index (χ3v) is 3.82. The average Bonchev–Trinajstić information content (AvgIpc) is 2.81. The molecule has 3 rings (SSSR count). The third-order valence-electron chi connectivity index (χ3n) is 3.82. The lowest BCUT2D eigenvalue weighted by atomic mass is 9.98. The summed E-state index contributed by atoms with van der Waals surface area (Å²) in [7, 11) is 0. The standard InChI is InChI=1S/C17H14F3N3O/c18-17(19,20)13-9-5-4-8-12(13)14-15(21)22-16(24)23(14)10-11-6-2-1-3-7-11/h1-9,14H,10H2,(H2,21,22,24). The van der Waals surface area contributed by atoms with Crippen LogP contribution in [0.15, 0.2) is 59.6 Å². The molecule has 0 saturated heterocycles. The molecule has 0 aromatic heterocycles. The summed E-state index contributed by atoms with van der Waals surface area (Å²) in [6.07, 6.45) is -4.54. The van der Waals surface area contributed by atoms with Gasteiger partial charge in [-0.15, -0.1) is 0 Å². The second kappa shape index (κ2) is 5.99. The maximum absolute atomic E-state index is 13.3. The van der Waals surface area contributed by atoms with Crippen LogP contribution in [0.4, 0.5) is 18.0 Å². The number of urea groups is 1. The number of carbonyl (C=O) groups excluding carboxylic acids is 1. The lowest BCUT2D eigenvalue weighted by Crippen LogP contribution is -2.34. The van der Waals surface area contributed by atoms with E-state index >= 15 is 0 Å². The highest BCUT2D eigenvalue weighted by Crippen LogP contribution is 2.38. The van der Waals surface area contributed by atoms with E-state index in [2.05, 4.69) is 4.99 Å². The van der Waals surface area contributed by atoms with E-state index in [0.29, 0.717) is 0 Å². The summed E-state index contributed by atoms with van der Waals surface area (Å²) in [5.41, 5.74) is 5.67. The number of alkyl halides is 3. The molecule has 2 aromatic carbocycles. The number of halogens is 3. The number of carbonyl (C=O) groups is 1. The van der Waals surface area contributed by atoms with Crippen LogP contribution in [0.2, 0.25) is 0 Å². The van der Waals surface area contributed by atoms with Crippen molar-refractivity contribution in [1.82, 2.24) is 4.90 Å². The zero-order valence-corrected chi connectivity index (χ0v) is 12.5. The van der Waals surface area contributed by atoms with Gasteiger partial charge in [0.25, 0.3) is 0 Å². The molecule has 1 aliphatic rings. The molecule has 0 aliphatic carbocycles. The molecule has 0 bridgehead atoms. The van der Waals surface area contributed by atoms with Crippen molar-refractivity contribution < 1.29 is 18.0 Å². The molecular weight excluding hydrogens is 319 g/mol. The van der Waals surface area contributed by atoms with Crippen molar-refractivity contribution >= 4 is 11.9 Å². The van der Waals surface area contributed by atoms with Crippen molar-refractivity contribution in [2.45, 2.75) is 18.8 Å². The van der Waals surface area contributed by atoms with Crippen LogP contribution in [-0.4, -0.2) is 16.8 Å². The third kappa shape index (κ3) is 2.97. The van der Waals surface area contributed by atoms with Crippen molar-refractivity contribution in [3.8, 4) is 0 Å². The van der Waals surface area contributed by atoms with Gasteiger partial charge < -0.3 is 10.6 Å². The smallest absolute Gasteiger partial charge is 0.385 e. The fraction of sp³-hybridized carbons (Fsp3) is 0.176. The van der Waals surface area contributed by atoms with Gasteiger partial charge in [-0.3, -0.25) is 0 Å². The SMILES string of the molecule is NC1=NC(=O)N(Cc2ccccc2)C1c1ccccc1C(F)(F)F. The van der Waals surface area contributed by atoms with E-state index in [1.165, 1.54) is 23.1 Å². The molecule has 1 heterocycles. The van der Waals surface area contributed by atoms with Gasteiger partial charge >= 0.3 is 12.2 Å². The van der Waals surface area contributed by atoms with Gasteiger partial charge in [0.15, 0.2) is 0 Å². The molecule has 7 heteroatoms. The predicted octanol–water partition coefficient (Wildman–Crippen LogP) is 3.74. The number of amides is 2. The van der Waals surface area contributed by atoms with Gasteiger partial charge in [0.05, 0.1) is 5.56 Å². The predicted molar refractivity (Wildman–Crippen MR) is 83.2 cm³/mol. The summed E-state index contributed by atoms with van der Waals surface area (Å²) in [6, 6.07) is 12.4. The lowest BCUT2D eigenvalue weighted by Gasteiger charge is -2.27. The first-order valence-electron chi connectivity index (χ1n) is 7.22. The first-order valence-corrected chi connectivity index (χ1v) is 7.22. The molecule has 4 nitrogen and oxygen atoms in total. The van der Waals surface area contributed by atoms with Crippen molar-refractivity contribution in [3.05, 3.63) is 71.3 Å². The Bertz CT molecular complexity index is 787. The summed E-state index contributed by atoms with van der Waals surface area (Å²) in [6.45, 7) is 0.126. The average molecular weight is 333 g/mol. The second-order valence-electron chi connectivity index (χ2n) is 5.42. The van der Waals surface area contributed by atoms with Gasteiger partial charge in [0.2, 0.25) is 0 Å². The van der Waals surface area contributed by atoms with Crippen LogP contribution in [0, 0.1) is 0 Å². The van der Waals surface area contributed by atoms with Crippen LogP contribution in [0.1, 0.15) is 22.7 Å². The van der Waals surface area contributed by atoms with E-state index in [9.17, 15) is 18.0 Å². The number of rotatable bonds is 3. The Labute approximate surface area is 136 Å². The number of hydrogen-bond donors (Lipinski definition) is 1. The largest absolute Gasteiger partial charge is 0.416 e. The molecule has 2 aromatic rings. The molecule has 1 aliphatic heterocycles. The summed E-state index contributed by atoms with van der Waals surface area (Å²) < 4.78 is 39.9. The van der Waals surface area contributed by atoms with Crippen LogP contribution >= 0.6 is 0 Å². The Morgan fingerprint density at radius 1 is 1.04 bits per heavy atom. The molecule has 0 radical (unpaired) electrons. The van der Waals surface area contributed by atoms with Gasteiger partial charge in [-0.2, -0.15) is 18.2 Å². The molecule has 2 amide bonds. The second-order valence-corrected chi connectivity index (χ2v) is 5.42. The topological polar surface area (TPSA) is 58.7 Å². The maximum Gasteiger partial charge on any atom is 0.416 e. The fourth-order valence-corrected chi connectivity index (χ4v) is 2.77. The van der Waals surface area contributed by atoms with Crippen LogP contribution in [0.25, 0.3) is 0 Å². The number of benzene rings is 2. The highest BCUT2D eigenvalue weighted by molar-refractivity contribution is 6.03. The quantitative estimate of drug-likeness (QED) is 0.930. The van der Waals surface area contributed by atoms with Crippen molar-refractivity contribution in [3.63, 3.8) is 0 Å². The van der Waals surface area contributed by atoms with Crippen LogP contribution in [0.3, 0.4) is 0 Å². The Balaban J connectivity index is 2.02. The Kier molecular flexibility index (Phi) is 4.01. The highest BCUT2D eigenvalue weighted by Gasteiger charge is 2.41. The number of nitrogens with two attached hydrogens (primary N) is 1. The molecule has 24 heavy (non-hydrogen) atoms. The molecule has 0 fully saturated rings. The molecule has 1 unspecified atom stereocenters. The Morgan fingerprint density at radius 2 is 1.67 bits per heavy atom. The van der Waals surface area contributed by atoms with Gasteiger partial charge in [-0.05, 0) is 17.2 Å². The minimum atomic E-state index is -4.54. The van der Waals surface area contributed by atoms with E-state index in [1.54, 1.807) is 24.3 Å². The zero-order valence-electron chi connectivity index (χ0n) is 12.5. The molecule has 0 saturated carbocycles. The van der Waals surface area contributed by atoms with E-state index in [4.69, 9.17) is 5.73 Å². The molecule has 0 spiro atoms. The lowest BCUT2D eigenvalue weighted by molar-refractivity contribution is -0.138. The van der Waals surface area contributed by atoms with Crippen molar-refractivity contribution in [2.24, 2.45) is 10.7 Å². The van der Waals surface area contributed by atoms with Gasteiger partial charge in [0, 0.05) is 6.54 Å². The number of hydrogen-bond acceptors (Lipinski definition) is 2. The first kappa shape index (κ1) is 16.0. The van der Waals surface area contributed by atoms with Gasteiger partial charge in [-0.1, -0.05) is 48.5 Å². The summed E-state index contributed by atoms with van der Waals surface area (Å²) >= 11 is 0. The fourth-order valence-electron chi connectivity index (χ4n) is 2.77. The van der Waals surface area contributed by atoms with Gasteiger partial charge in [0.1, 0.15) is 11.9 Å². The number of nitrogens with zero attached hydrogens (tertiary/aromatic N) is 2. The van der Waals surface area contributed by atoms with E-state index in [-0.39, 0.29) is 17.9 Å². The molecule has 2 N–H and O–H groups in total. The highest BCUT2D eigenvalue weighted by atomic mass is 19.4. The summed E-state index contributed by atoms with van der Waals surface area (Å²) in [5.74, 6) is -0.132. The minimum Gasteiger partial charge on any atom is -0.385 e. The first-order chi connectivity index (χ1) is 11.4. The van der Waals surface area contributed by atoms with E-state index in [1.807, 2.05) is 6.07 Å².